The fraction of sp³-hybridized carbons (Fsp3) is 0.364. The van der Waals surface area contributed by atoms with Gasteiger partial charge in [-0.2, -0.15) is 0 Å². The van der Waals surface area contributed by atoms with Gasteiger partial charge in [-0.25, -0.2) is 8.42 Å². The maximum Gasteiger partial charge on any atom is 0.238 e. The summed E-state index contributed by atoms with van der Waals surface area (Å²) in [5, 5.41) is 1.13. The van der Waals surface area contributed by atoms with Crippen molar-refractivity contribution in [3.05, 3.63) is 70.9 Å². The third-order valence-corrected chi connectivity index (χ3v) is 6.06. The lowest BCUT2D eigenvalue weighted by Crippen LogP contribution is -2.38. The molecule has 0 N–H and O–H groups in total. The number of nitrogens with zero attached hydrogens (tertiary/aromatic N) is 3. The van der Waals surface area contributed by atoms with E-state index < -0.39 is 15.6 Å². The first kappa shape index (κ1) is 21.2. The molecule has 0 aliphatic carbocycles. The summed E-state index contributed by atoms with van der Waals surface area (Å²) in [6.07, 6.45) is 2.35. The molecule has 29 heavy (non-hydrogen) atoms. The van der Waals surface area contributed by atoms with Gasteiger partial charge < -0.3 is 4.90 Å². The highest BCUT2D eigenvalue weighted by molar-refractivity contribution is 7.95. The lowest BCUT2D eigenvalue weighted by molar-refractivity contribution is -0.128. The molecule has 1 aromatic heterocycles. The fourth-order valence-corrected chi connectivity index (χ4v) is 4.34. The Hall–Kier alpha value is -2.51. The summed E-state index contributed by atoms with van der Waals surface area (Å²) in [6, 6.07) is 15.2. The van der Waals surface area contributed by atoms with Crippen molar-refractivity contribution in [3.8, 4) is 0 Å². The van der Waals surface area contributed by atoms with E-state index in [0.717, 1.165) is 41.9 Å². The average Bonchev–Trinajstić information content (AvgIpc) is 2.93. The van der Waals surface area contributed by atoms with Crippen molar-refractivity contribution in [2.45, 2.75) is 19.9 Å². The highest BCUT2D eigenvalue weighted by atomic mass is 32.2. The topological polar surface area (TPSA) is 70.6 Å². The normalized spacial score (nSPS) is 16.1. The standard InChI is InChI=1S/C22H27N3O3S/c1-19-7-5-10-21(23-19)17-24-12-6-13-25(15-14-24)22(26)18-29(27,28)16-11-20-8-3-2-4-9-20/h2-5,7-11,16H,6,12-15,17-18H2,1H3. The summed E-state index contributed by atoms with van der Waals surface area (Å²) in [7, 11) is -3.60. The van der Waals surface area contributed by atoms with Gasteiger partial charge in [0.25, 0.3) is 0 Å². The van der Waals surface area contributed by atoms with Gasteiger partial charge in [0, 0.05) is 43.8 Å². The molecule has 0 spiro atoms. The van der Waals surface area contributed by atoms with Crippen LogP contribution in [-0.4, -0.2) is 61.0 Å². The number of amides is 1. The highest BCUT2D eigenvalue weighted by Gasteiger charge is 2.23. The van der Waals surface area contributed by atoms with Crippen LogP contribution in [0.4, 0.5) is 0 Å². The Bertz CT molecular complexity index is 958. The third kappa shape index (κ3) is 6.80. The van der Waals surface area contributed by atoms with Crippen LogP contribution in [0.3, 0.4) is 0 Å². The average molecular weight is 414 g/mol. The molecule has 1 aromatic carbocycles. The summed E-state index contributed by atoms with van der Waals surface area (Å²) in [4.78, 5) is 21.0. The molecule has 6 nitrogen and oxygen atoms in total. The van der Waals surface area contributed by atoms with Crippen molar-refractivity contribution < 1.29 is 13.2 Å². The second kappa shape index (κ2) is 9.80. The second-order valence-corrected chi connectivity index (χ2v) is 9.19. The van der Waals surface area contributed by atoms with Crippen LogP contribution < -0.4 is 0 Å². The molecule has 2 heterocycles. The first-order chi connectivity index (χ1) is 13.9. The maximum atomic E-state index is 12.6. The van der Waals surface area contributed by atoms with E-state index in [0.29, 0.717) is 19.6 Å². The summed E-state index contributed by atoms with van der Waals surface area (Å²) >= 11 is 0. The first-order valence-electron chi connectivity index (χ1n) is 9.80. The predicted octanol–water partition coefficient (Wildman–Crippen LogP) is 2.51. The van der Waals surface area contributed by atoms with Crippen LogP contribution in [0.2, 0.25) is 0 Å². The zero-order valence-corrected chi connectivity index (χ0v) is 17.5. The van der Waals surface area contributed by atoms with E-state index in [9.17, 15) is 13.2 Å². The van der Waals surface area contributed by atoms with Gasteiger partial charge in [-0.1, -0.05) is 36.4 Å². The number of carbonyl (C=O) groups excluding carboxylic acids is 1. The second-order valence-electron chi connectivity index (χ2n) is 7.30. The van der Waals surface area contributed by atoms with E-state index in [2.05, 4.69) is 9.88 Å². The van der Waals surface area contributed by atoms with Crippen LogP contribution in [0, 0.1) is 6.92 Å². The maximum absolute atomic E-state index is 12.6. The zero-order valence-electron chi connectivity index (χ0n) is 16.7. The molecular weight excluding hydrogens is 386 g/mol. The van der Waals surface area contributed by atoms with Crippen LogP contribution in [0.15, 0.2) is 53.9 Å². The van der Waals surface area contributed by atoms with Crippen molar-refractivity contribution in [1.82, 2.24) is 14.8 Å². The fourth-order valence-electron chi connectivity index (χ4n) is 3.35. The van der Waals surface area contributed by atoms with E-state index in [1.54, 1.807) is 4.90 Å². The van der Waals surface area contributed by atoms with Crippen molar-refractivity contribution >= 4 is 21.8 Å². The van der Waals surface area contributed by atoms with Gasteiger partial charge in [0.1, 0.15) is 5.75 Å². The van der Waals surface area contributed by atoms with Crippen molar-refractivity contribution in [2.75, 3.05) is 31.9 Å². The van der Waals surface area contributed by atoms with Crippen LogP contribution in [0.1, 0.15) is 23.4 Å². The molecule has 154 valence electrons. The molecule has 7 heteroatoms. The molecule has 3 rings (SSSR count). The summed E-state index contributed by atoms with van der Waals surface area (Å²) in [6.45, 7) is 5.39. The summed E-state index contributed by atoms with van der Waals surface area (Å²) in [5.74, 6) is -0.825. The van der Waals surface area contributed by atoms with Crippen LogP contribution >= 0.6 is 0 Å². The van der Waals surface area contributed by atoms with Crippen LogP contribution in [0.25, 0.3) is 6.08 Å². The molecule has 0 atom stereocenters. The Kier molecular flexibility index (Phi) is 7.17. The van der Waals surface area contributed by atoms with Crippen molar-refractivity contribution in [3.63, 3.8) is 0 Å². The number of hydrogen-bond donors (Lipinski definition) is 0. The number of pyridine rings is 1. The number of hydrogen-bond acceptors (Lipinski definition) is 5. The first-order valence-corrected chi connectivity index (χ1v) is 11.5. The molecule has 1 fully saturated rings. The number of rotatable bonds is 6. The minimum atomic E-state index is -3.60. The Morgan fingerprint density at radius 2 is 1.83 bits per heavy atom. The molecule has 1 amide bonds. The van der Waals surface area contributed by atoms with Crippen molar-refractivity contribution in [1.29, 1.82) is 0 Å². The lowest BCUT2D eigenvalue weighted by Gasteiger charge is -2.21. The minimum absolute atomic E-state index is 0.335. The molecule has 0 radical (unpaired) electrons. The van der Waals surface area contributed by atoms with Gasteiger partial charge in [-0.05, 0) is 37.1 Å². The van der Waals surface area contributed by atoms with E-state index in [-0.39, 0.29) is 5.91 Å². The summed E-state index contributed by atoms with van der Waals surface area (Å²) in [5.41, 5.74) is 2.79. The molecule has 0 saturated carbocycles. The number of aryl methyl sites for hydroxylation is 1. The number of sulfone groups is 1. The molecule has 1 aliphatic heterocycles. The molecule has 1 aliphatic rings. The summed E-state index contributed by atoms with van der Waals surface area (Å²) < 4.78 is 24.7. The molecule has 2 aromatic rings. The van der Waals surface area contributed by atoms with E-state index in [1.165, 1.54) is 6.08 Å². The van der Waals surface area contributed by atoms with Gasteiger partial charge in [-0.15, -0.1) is 0 Å². The van der Waals surface area contributed by atoms with Gasteiger partial charge in [0.15, 0.2) is 9.84 Å². The number of aromatic nitrogens is 1. The molecule has 0 unspecified atom stereocenters. The number of benzene rings is 1. The Labute approximate surface area is 172 Å². The van der Waals surface area contributed by atoms with E-state index >= 15 is 0 Å². The number of carbonyl (C=O) groups is 1. The van der Waals surface area contributed by atoms with Gasteiger partial charge in [0.05, 0.1) is 5.69 Å². The highest BCUT2D eigenvalue weighted by Crippen LogP contribution is 2.10. The van der Waals surface area contributed by atoms with E-state index in [4.69, 9.17) is 0 Å². The smallest absolute Gasteiger partial charge is 0.238 e. The van der Waals surface area contributed by atoms with Gasteiger partial charge in [-0.3, -0.25) is 14.7 Å². The lowest BCUT2D eigenvalue weighted by atomic mass is 10.2. The zero-order chi connectivity index (χ0) is 20.7. The van der Waals surface area contributed by atoms with E-state index in [1.807, 2.05) is 55.5 Å². The largest absolute Gasteiger partial charge is 0.340 e. The van der Waals surface area contributed by atoms with Gasteiger partial charge in [0.2, 0.25) is 5.91 Å². The third-order valence-electron chi connectivity index (χ3n) is 4.86. The van der Waals surface area contributed by atoms with Crippen LogP contribution in [-0.2, 0) is 21.2 Å². The quantitative estimate of drug-likeness (QED) is 0.728. The Balaban J connectivity index is 1.54. The SMILES string of the molecule is Cc1cccc(CN2CCCN(C(=O)CS(=O)(=O)C=Cc3ccccc3)CC2)n1. The predicted molar refractivity (Wildman–Crippen MR) is 115 cm³/mol. The van der Waals surface area contributed by atoms with Gasteiger partial charge >= 0.3 is 0 Å². The molecular formula is C22H27N3O3S. The Morgan fingerprint density at radius 1 is 1.03 bits per heavy atom. The molecule has 1 saturated heterocycles. The van der Waals surface area contributed by atoms with Crippen molar-refractivity contribution in [2.24, 2.45) is 0 Å². The van der Waals surface area contributed by atoms with Crippen LogP contribution in [0.5, 0.6) is 0 Å². The monoisotopic (exact) mass is 413 g/mol. The minimum Gasteiger partial charge on any atom is -0.340 e. The Morgan fingerprint density at radius 3 is 2.59 bits per heavy atom. The molecule has 0 bridgehead atoms.